The summed E-state index contributed by atoms with van der Waals surface area (Å²) in [6.45, 7) is 1.90. The normalized spacial score (nSPS) is 13.5. The molecule has 1 aromatic rings. The summed E-state index contributed by atoms with van der Waals surface area (Å²) < 4.78 is 0. The van der Waals surface area contributed by atoms with Crippen LogP contribution >= 0.6 is 37.2 Å². The van der Waals surface area contributed by atoms with E-state index in [1.54, 1.807) is 12.1 Å². The van der Waals surface area contributed by atoms with E-state index < -0.39 is 0 Å². The van der Waals surface area contributed by atoms with Gasteiger partial charge in [0.05, 0.1) is 11.1 Å². The van der Waals surface area contributed by atoms with Crippen LogP contribution in [0.5, 0.6) is 0 Å². The van der Waals surface area contributed by atoms with Gasteiger partial charge in [-0.25, -0.2) is 0 Å². The van der Waals surface area contributed by atoms with Gasteiger partial charge in [0.2, 0.25) is 0 Å². The SMILES string of the molecule is Cc1ccc2c(c1)C(=O)N(C)C2=O.II. The number of hydrogen-bond donors (Lipinski definition) is 0. The molecule has 5 heteroatoms. The van der Waals surface area contributed by atoms with Gasteiger partial charge in [-0.2, -0.15) is 0 Å². The second kappa shape index (κ2) is 5.24. The molecule has 2 amide bonds. The van der Waals surface area contributed by atoms with Crippen LogP contribution < -0.4 is 0 Å². The van der Waals surface area contributed by atoms with Crippen molar-refractivity contribution in [2.75, 3.05) is 7.05 Å². The van der Waals surface area contributed by atoms with Gasteiger partial charge in [0.1, 0.15) is 0 Å². The van der Waals surface area contributed by atoms with E-state index in [0.717, 1.165) is 10.5 Å². The minimum atomic E-state index is -0.208. The van der Waals surface area contributed by atoms with Crippen LogP contribution in [0.3, 0.4) is 0 Å². The Hall–Kier alpha value is -0.180. The van der Waals surface area contributed by atoms with Gasteiger partial charge in [-0.3, -0.25) is 14.5 Å². The summed E-state index contributed by atoms with van der Waals surface area (Å²) in [5.74, 6) is -0.413. The molecule has 0 atom stereocenters. The Morgan fingerprint density at radius 2 is 1.60 bits per heavy atom. The van der Waals surface area contributed by atoms with Crippen LogP contribution in [-0.4, -0.2) is 23.8 Å². The topological polar surface area (TPSA) is 37.4 Å². The number of rotatable bonds is 0. The molecule has 1 aliphatic rings. The minimum absolute atomic E-state index is 0.205. The summed E-state index contributed by atoms with van der Waals surface area (Å²) in [5, 5.41) is 0. The second-order valence-electron chi connectivity index (χ2n) is 3.22. The highest BCUT2D eigenvalue weighted by Gasteiger charge is 2.32. The number of imide groups is 1. The Kier molecular flexibility index (Phi) is 4.50. The third-order valence-electron chi connectivity index (χ3n) is 2.25. The van der Waals surface area contributed by atoms with Crippen molar-refractivity contribution in [3.05, 3.63) is 34.9 Å². The van der Waals surface area contributed by atoms with Crippen molar-refractivity contribution in [2.24, 2.45) is 0 Å². The Balaban J connectivity index is 0.000000531. The Bertz CT molecular complexity index is 418. The quantitative estimate of drug-likeness (QED) is 0.470. The molecule has 0 saturated carbocycles. The van der Waals surface area contributed by atoms with E-state index in [1.165, 1.54) is 7.05 Å². The molecule has 0 radical (unpaired) electrons. The second-order valence-corrected chi connectivity index (χ2v) is 3.22. The molecule has 1 aliphatic heterocycles. The number of carbonyl (C=O) groups excluding carboxylic acids is 2. The molecule has 1 heterocycles. The van der Waals surface area contributed by atoms with Gasteiger partial charge in [0.15, 0.2) is 0 Å². The van der Waals surface area contributed by atoms with E-state index in [-0.39, 0.29) is 11.8 Å². The highest BCUT2D eigenvalue weighted by atomic mass is 128. The summed E-state index contributed by atoms with van der Waals surface area (Å²) in [6, 6.07) is 5.29. The zero-order valence-corrected chi connectivity index (χ0v) is 12.6. The first-order valence-electron chi connectivity index (χ1n) is 4.18. The molecule has 0 saturated heterocycles. The van der Waals surface area contributed by atoms with Gasteiger partial charge >= 0.3 is 0 Å². The van der Waals surface area contributed by atoms with Crippen molar-refractivity contribution < 1.29 is 9.59 Å². The Labute approximate surface area is 112 Å². The van der Waals surface area contributed by atoms with Crippen molar-refractivity contribution >= 4 is 49.0 Å². The summed E-state index contributed by atoms with van der Waals surface area (Å²) in [4.78, 5) is 24.0. The zero-order valence-electron chi connectivity index (χ0n) is 8.25. The maximum atomic E-state index is 11.5. The first-order valence-corrected chi connectivity index (χ1v) is 10.5. The lowest BCUT2D eigenvalue weighted by molar-refractivity contribution is 0.0693. The molecule has 0 spiro atoms. The number of aryl methyl sites for hydroxylation is 1. The fourth-order valence-electron chi connectivity index (χ4n) is 1.48. The molecule has 0 aliphatic carbocycles. The third kappa shape index (κ3) is 2.32. The molecule has 3 nitrogen and oxygen atoms in total. The number of amides is 2. The summed E-state index contributed by atoms with van der Waals surface area (Å²) >= 11 is 4.24. The monoisotopic (exact) mass is 429 g/mol. The number of nitrogens with zero attached hydrogens (tertiary/aromatic N) is 1. The van der Waals surface area contributed by atoms with E-state index in [2.05, 4.69) is 37.2 Å². The number of fused-ring (bicyclic) bond motifs is 1. The van der Waals surface area contributed by atoms with Crippen molar-refractivity contribution in [2.45, 2.75) is 6.92 Å². The van der Waals surface area contributed by atoms with Gasteiger partial charge in [0.25, 0.3) is 11.8 Å². The smallest absolute Gasteiger partial charge is 0.261 e. The van der Waals surface area contributed by atoms with Crippen molar-refractivity contribution in [3.63, 3.8) is 0 Å². The summed E-state index contributed by atoms with van der Waals surface area (Å²) in [6.07, 6.45) is 0. The molecule has 2 rings (SSSR count). The first kappa shape index (κ1) is 12.9. The van der Waals surface area contributed by atoms with Crippen molar-refractivity contribution in [3.8, 4) is 0 Å². The lowest BCUT2D eigenvalue weighted by Crippen LogP contribution is -2.24. The number of halogens is 2. The highest BCUT2D eigenvalue weighted by Crippen LogP contribution is 2.21. The van der Waals surface area contributed by atoms with Gasteiger partial charge < -0.3 is 0 Å². The molecule has 0 fully saturated rings. The van der Waals surface area contributed by atoms with Crippen LogP contribution in [0, 0.1) is 6.92 Å². The number of carbonyl (C=O) groups is 2. The Morgan fingerprint density at radius 1 is 1.07 bits per heavy atom. The first-order chi connectivity index (χ1) is 7.11. The standard InChI is InChI=1S/C10H9NO2.I2/c1-6-3-4-7-8(5-6)10(13)11(2)9(7)12;1-2/h3-5H,1-2H3;. The van der Waals surface area contributed by atoms with E-state index in [0.29, 0.717) is 11.1 Å². The van der Waals surface area contributed by atoms with E-state index in [9.17, 15) is 9.59 Å². The molecule has 15 heavy (non-hydrogen) atoms. The van der Waals surface area contributed by atoms with E-state index >= 15 is 0 Å². The van der Waals surface area contributed by atoms with Crippen LogP contribution in [0.2, 0.25) is 0 Å². The molecular weight excluding hydrogens is 420 g/mol. The fourth-order valence-corrected chi connectivity index (χ4v) is 1.48. The minimum Gasteiger partial charge on any atom is -0.277 e. The summed E-state index contributed by atoms with van der Waals surface area (Å²) in [5.41, 5.74) is 2.03. The van der Waals surface area contributed by atoms with E-state index in [1.807, 2.05) is 13.0 Å². The average molecular weight is 429 g/mol. The van der Waals surface area contributed by atoms with Crippen LogP contribution in [0.15, 0.2) is 18.2 Å². The predicted octanol–water partition coefficient (Wildman–Crippen LogP) is 2.99. The van der Waals surface area contributed by atoms with Crippen LogP contribution in [-0.2, 0) is 0 Å². The lowest BCUT2D eigenvalue weighted by Gasteiger charge is -2.02. The predicted molar refractivity (Wildman–Crippen MR) is 75.6 cm³/mol. The maximum absolute atomic E-state index is 11.5. The van der Waals surface area contributed by atoms with Crippen molar-refractivity contribution in [1.82, 2.24) is 4.90 Å². The van der Waals surface area contributed by atoms with Crippen LogP contribution in [0.4, 0.5) is 0 Å². The fraction of sp³-hybridized carbons (Fsp3) is 0.200. The molecule has 1 aromatic carbocycles. The molecule has 80 valence electrons. The van der Waals surface area contributed by atoms with Crippen LogP contribution in [0.25, 0.3) is 0 Å². The summed E-state index contributed by atoms with van der Waals surface area (Å²) in [7, 11) is 1.50. The average Bonchev–Trinajstić information content (AvgIpc) is 2.47. The van der Waals surface area contributed by atoms with E-state index in [4.69, 9.17) is 0 Å². The van der Waals surface area contributed by atoms with Crippen LogP contribution in [0.1, 0.15) is 26.3 Å². The van der Waals surface area contributed by atoms with Gasteiger partial charge in [-0.1, -0.05) is 11.6 Å². The Morgan fingerprint density at radius 3 is 2.20 bits per heavy atom. The molecular formula is C10H9I2NO2. The van der Waals surface area contributed by atoms with Crippen molar-refractivity contribution in [1.29, 1.82) is 0 Å². The van der Waals surface area contributed by atoms with Gasteiger partial charge in [0, 0.05) is 44.3 Å². The number of benzene rings is 1. The third-order valence-corrected chi connectivity index (χ3v) is 2.25. The molecule has 0 N–H and O–H groups in total. The van der Waals surface area contributed by atoms with Gasteiger partial charge in [-0.05, 0) is 19.1 Å². The molecule has 0 unspecified atom stereocenters. The number of hydrogen-bond acceptors (Lipinski definition) is 2. The lowest BCUT2D eigenvalue weighted by atomic mass is 10.1. The molecule has 0 aromatic heterocycles. The largest absolute Gasteiger partial charge is 0.277 e. The molecule has 0 bridgehead atoms. The van der Waals surface area contributed by atoms with Gasteiger partial charge in [-0.15, -0.1) is 0 Å². The highest BCUT2D eigenvalue weighted by molar-refractivity contribution is 15.0. The zero-order chi connectivity index (χ0) is 11.6. The maximum Gasteiger partial charge on any atom is 0.261 e.